The summed E-state index contributed by atoms with van der Waals surface area (Å²) in [5.74, 6) is 0.828. The molecule has 0 saturated carbocycles. The molecule has 0 unspecified atom stereocenters. The van der Waals surface area contributed by atoms with Crippen LogP contribution in [0.3, 0.4) is 0 Å². The number of aromatic hydroxyl groups is 1. The number of amides is 3. The Morgan fingerprint density at radius 2 is 1.38 bits per heavy atom. The molecule has 0 aliphatic carbocycles. The number of carbonyl (C=O) groups is 3. The van der Waals surface area contributed by atoms with E-state index in [1.54, 1.807) is 36.4 Å². The van der Waals surface area contributed by atoms with Crippen LogP contribution in [0.5, 0.6) is 11.5 Å². The van der Waals surface area contributed by atoms with Crippen LogP contribution in [0, 0.1) is 0 Å². The van der Waals surface area contributed by atoms with Crippen molar-refractivity contribution in [1.29, 1.82) is 0 Å². The Labute approximate surface area is 290 Å². The summed E-state index contributed by atoms with van der Waals surface area (Å²) >= 11 is 1.43. The van der Waals surface area contributed by atoms with Crippen molar-refractivity contribution in [3.05, 3.63) is 60.2 Å². The molecule has 10 heteroatoms. The van der Waals surface area contributed by atoms with Gasteiger partial charge in [0.2, 0.25) is 12.3 Å². The van der Waals surface area contributed by atoms with Gasteiger partial charge in [0.15, 0.2) is 0 Å². The number of rotatable bonds is 26. The van der Waals surface area contributed by atoms with Crippen LogP contribution in [0.4, 0.5) is 11.4 Å². The second-order valence-corrected chi connectivity index (χ2v) is 13.2. The average Bonchev–Trinajstić information content (AvgIpc) is 3.10. The van der Waals surface area contributed by atoms with E-state index in [0.717, 1.165) is 18.2 Å². The highest BCUT2D eigenvalue weighted by Crippen LogP contribution is 2.36. The number of hydrazine groups is 1. The molecule has 3 aromatic rings. The minimum absolute atomic E-state index is 0.0497. The number of unbranched alkanes of at least 4 members (excludes halogenated alkanes) is 13. The number of phenolic OH excluding ortho intramolecular Hbond substituents is 1. The quantitative estimate of drug-likeness (QED) is 0.0327. The molecule has 0 aliphatic heterocycles. The van der Waals surface area contributed by atoms with Gasteiger partial charge in [-0.25, -0.2) is 0 Å². The van der Waals surface area contributed by atoms with Crippen LogP contribution < -0.4 is 26.2 Å². The summed E-state index contributed by atoms with van der Waals surface area (Å²) in [5.41, 5.74) is 6.61. The van der Waals surface area contributed by atoms with Crippen molar-refractivity contribution < 1.29 is 24.2 Å². The summed E-state index contributed by atoms with van der Waals surface area (Å²) in [4.78, 5) is 35.8. The fraction of sp³-hybridized carbons (Fsp3) is 0.500. The molecule has 0 saturated heterocycles. The Kier molecular flexibility index (Phi) is 18.8. The Balaban J connectivity index is 1.34. The van der Waals surface area contributed by atoms with Gasteiger partial charge in [-0.1, -0.05) is 115 Å². The van der Waals surface area contributed by atoms with Gasteiger partial charge in [0.1, 0.15) is 11.5 Å². The monoisotopic (exact) mass is 678 g/mol. The molecule has 5 N–H and O–H groups in total. The van der Waals surface area contributed by atoms with E-state index < -0.39 is 0 Å². The van der Waals surface area contributed by atoms with Gasteiger partial charge in [-0.05, 0) is 36.8 Å². The summed E-state index contributed by atoms with van der Waals surface area (Å²) in [6, 6.07) is 15.9. The molecule has 0 spiro atoms. The lowest BCUT2D eigenvalue weighted by molar-refractivity contribution is -0.113. The molecule has 3 amide bonds. The predicted molar refractivity (Wildman–Crippen MR) is 199 cm³/mol. The fourth-order valence-corrected chi connectivity index (χ4v) is 6.16. The normalized spacial score (nSPS) is 10.9. The maximum atomic E-state index is 13.1. The minimum atomic E-state index is -0.312. The molecule has 0 heterocycles. The molecule has 3 rings (SSSR count). The zero-order valence-corrected chi connectivity index (χ0v) is 29.3. The van der Waals surface area contributed by atoms with Crippen molar-refractivity contribution in [1.82, 2.24) is 10.7 Å². The molecule has 3 aromatic carbocycles. The highest BCUT2D eigenvalue weighted by molar-refractivity contribution is 7.99. The highest BCUT2D eigenvalue weighted by Gasteiger charge is 2.18. The van der Waals surface area contributed by atoms with E-state index >= 15 is 0 Å². The van der Waals surface area contributed by atoms with E-state index in [-0.39, 0.29) is 28.9 Å². The second kappa shape index (κ2) is 23.4. The molecule has 0 atom stereocenters. The number of nitrogens with one attached hydrogen (secondary N) is 4. The van der Waals surface area contributed by atoms with Crippen LogP contribution in [0.15, 0.2) is 54.6 Å². The maximum Gasteiger partial charge on any atom is 0.255 e. The smallest absolute Gasteiger partial charge is 0.255 e. The average molecular weight is 679 g/mol. The number of fused-ring (bicyclic) bond motifs is 1. The number of hydrogen-bond acceptors (Lipinski definition) is 7. The summed E-state index contributed by atoms with van der Waals surface area (Å²) in [6.45, 7) is 3.16. The Morgan fingerprint density at radius 1 is 0.792 bits per heavy atom. The summed E-state index contributed by atoms with van der Waals surface area (Å²) in [7, 11) is 0. The van der Waals surface area contributed by atoms with Gasteiger partial charge in [-0.3, -0.25) is 25.2 Å². The summed E-state index contributed by atoms with van der Waals surface area (Å²) < 4.78 is 6.06. The van der Waals surface area contributed by atoms with Crippen LogP contribution in [-0.2, 0) is 9.59 Å². The van der Waals surface area contributed by atoms with Crippen LogP contribution in [-0.4, -0.2) is 48.0 Å². The van der Waals surface area contributed by atoms with Gasteiger partial charge in [0, 0.05) is 28.8 Å². The predicted octanol–water partition coefficient (Wildman–Crippen LogP) is 8.58. The number of hydrogen-bond donors (Lipinski definition) is 5. The Hall–Kier alpha value is -3.92. The van der Waals surface area contributed by atoms with Crippen molar-refractivity contribution in [3.63, 3.8) is 0 Å². The van der Waals surface area contributed by atoms with E-state index in [4.69, 9.17) is 4.74 Å². The fourth-order valence-electron chi connectivity index (χ4n) is 5.56. The molecule has 0 aliphatic rings. The van der Waals surface area contributed by atoms with Crippen molar-refractivity contribution >= 4 is 52.1 Å². The van der Waals surface area contributed by atoms with Gasteiger partial charge in [0.05, 0.1) is 23.6 Å². The van der Waals surface area contributed by atoms with Gasteiger partial charge < -0.3 is 20.5 Å². The van der Waals surface area contributed by atoms with Crippen molar-refractivity contribution in [3.8, 4) is 11.5 Å². The van der Waals surface area contributed by atoms with Crippen molar-refractivity contribution in [2.24, 2.45) is 0 Å². The van der Waals surface area contributed by atoms with Crippen LogP contribution in [0.25, 0.3) is 10.8 Å². The largest absolute Gasteiger partial charge is 0.506 e. The second-order valence-electron chi connectivity index (χ2n) is 12.1. The first-order valence-electron chi connectivity index (χ1n) is 17.6. The number of carbonyl (C=O) groups excluding carboxylic acids is 3. The molecule has 9 nitrogen and oxygen atoms in total. The van der Waals surface area contributed by atoms with Crippen LogP contribution >= 0.6 is 11.8 Å². The van der Waals surface area contributed by atoms with E-state index in [9.17, 15) is 19.5 Å². The molecule has 0 aromatic heterocycles. The van der Waals surface area contributed by atoms with Crippen molar-refractivity contribution in [2.75, 3.05) is 35.4 Å². The molecule has 0 bridgehead atoms. The number of anilines is 2. The van der Waals surface area contributed by atoms with E-state index in [1.165, 1.54) is 88.8 Å². The van der Waals surface area contributed by atoms with Gasteiger partial charge in [-0.15, -0.1) is 11.8 Å². The van der Waals surface area contributed by atoms with Gasteiger partial charge >= 0.3 is 0 Å². The summed E-state index contributed by atoms with van der Waals surface area (Å²) in [5, 5.41) is 18.0. The first-order valence-corrected chi connectivity index (χ1v) is 18.8. The molecular weight excluding hydrogens is 625 g/mol. The number of benzene rings is 3. The molecule has 0 radical (unpaired) electrons. The minimum Gasteiger partial charge on any atom is -0.506 e. The van der Waals surface area contributed by atoms with E-state index in [0.29, 0.717) is 47.8 Å². The lowest BCUT2D eigenvalue weighted by Crippen LogP contribution is -2.24. The van der Waals surface area contributed by atoms with Crippen LogP contribution in [0.2, 0.25) is 0 Å². The Bertz CT molecular complexity index is 1390. The third-order valence-corrected chi connectivity index (χ3v) is 9.12. The number of phenols is 1. The third kappa shape index (κ3) is 14.5. The molecular formula is C38H54N4O5S. The van der Waals surface area contributed by atoms with E-state index in [2.05, 4.69) is 28.4 Å². The first-order chi connectivity index (χ1) is 23.5. The first kappa shape index (κ1) is 38.5. The van der Waals surface area contributed by atoms with E-state index in [1.807, 2.05) is 18.2 Å². The van der Waals surface area contributed by atoms with Crippen LogP contribution in [0.1, 0.15) is 107 Å². The number of ether oxygens (including phenoxy) is 1. The zero-order chi connectivity index (χ0) is 34.2. The lowest BCUT2D eigenvalue weighted by atomic mass is 10.0. The third-order valence-electron chi connectivity index (χ3n) is 8.20. The SMILES string of the molecule is CCCCCCCCCCCCCCCCNC(=O)c1cc(OCCSCC(=O)Nc2ccc(NNC=O)cc2)c2ccccc2c1O. The standard InChI is InChI=1S/C38H54N4O5S/c1-2-3-4-5-6-7-8-9-10-11-12-13-14-17-24-39-38(46)34-27-35(32-18-15-16-19-33(32)37(34)45)47-25-26-48-28-36(44)41-30-20-22-31(23-21-30)42-40-29-43/h15-16,18-23,27,29,42,45H,2-14,17,24-26,28H2,1H3,(H,39,46)(H,40,43)(H,41,44). The van der Waals surface area contributed by atoms with Gasteiger partial charge in [-0.2, -0.15) is 0 Å². The number of thioether (sulfide) groups is 1. The summed E-state index contributed by atoms with van der Waals surface area (Å²) in [6.07, 6.45) is 18.5. The maximum absolute atomic E-state index is 13.1. The molecule has 0 fully saturated rings. The molecule has 262 valence electrons. The highest BCUT2D eigenvalue weighted by atomic mass is 32.2. The lowest BCUT2D eigenvalue weighted by Gasteiger charge is -2.14. The zero-order valence-electron chi connectivity index (χ0n) is 28.5. The molecule has 48 heavy (non-hydrogen) atoms. The van der Waals surface area contributed by atoms with Gasteiger partial charge in [0.25, 0.3) is 5.91 Å². The topological polar surface area (TPSA) is 129 Å². The Morgan fingerprint density at radius 3 is 2.00 bits per heavy atom. The van der Waals surface area contributed by atoms with Crippen molar-refractivity contribution in [2.45, 2.75) is 96.8 Å².